The minimum Gasteiger partial charge on any atom is -0.354 e. The molecule has 0 radical (unpaired) electrons. The van der Waals surface area contributed by atoms with Gasteiger partial charge in [0.1, 0.15) is 0 Å². The molecule has 2 aliphatic rings. The van der Waals surface area contributed by atoms with E-state index in [0.717, 1.165) is 13.1 Å². The molecule has 0 aromatic heterocycles. The van der Waals surface area contributed by atoms with E-state index in [0.29, 0.717) is 12.1 Å². The maximum absolute atomic E-state index is 2.54. The molecule has 21 heavy (non-hydrogen) atoms. The van der Waals surface area contributed by atoms with E-state index in [-0.39, 0.29) is 0 Å². The Morgan fingerprint density at radius 2 is 1.67 bits per heavy atom. The Kier molecular flexibility index (Phi) is 3.04. The van der Waals surface area contributed by atoms with Crippen LogP contribution in [0.25, 0.3) is 6.08 Å². The lowest BCUT2D eigenvalue weighted by Crippen LogP contribution is -2.41. The van der Waals surface area contributed by atoms with Gasteiger partial charge in [0, 0.05) is 24.7 Å². The van der Waals surface area contributed by atoms with Crippen LogP contribution in [0, 0.1) is 0 Å². The molecule has 0 saturated carbocycles. The smallest absolute Gasteiger partial charge is 0.0924 e. The molecule has 0 N–H and O–H groups in total. The van der Waals surface area contributed by atoms with Gasteiger partial charge in [-0.05, 0) is 30.3 Å². The second-order valence-electron chi connectivity index (χ2n) is 5.94. The maximum atomic E-state index is 2.54. The van der Waals surface area contributed by atoms with Crippen LogP contribution in [-0.4, -0.2) is 31.2 Å². The summed E-state index contributed by atoms with van der Waals surface area (Å²) in [5, 5.41) is 0. The van der Waals surface area contributed by atoms with E-state index in [4.69, 9.17) is 0 Å². The van der Waals surface area contributed by atoms with Gasteiger partial charge in [-0.2, -0.15) is 0 Å². The third-order valence-electron chi connectivity index (χ3n) is 4.71. The Balaban J connectivity index is 1.71. The molecule has 2 unspecified atom stereocenters. The number of fused-ring (bicyclic) bond motifs is 1. The van der Waals surface area contributed by atoms with Gasteiger partial charge < -0.3 is 4.90 Å². The van der Waals surface area contributed by atoms with E-state index in [2.05, 4.69) is 83.6 Å². The molecule has 1 fully saturated rings. The summed E-state index contributed by atoms with van der Waals surface area (Å²) in [5.74, 6) is 0.453. The predicted molar refractivity (Wildman–Crippen MR) is 88.4 cm³/mol. The maximum Gasteiger partial charge on any atom is 0.0924 e. The number of rotatable bonds is 2. The summed E-state index contributed by atoms with van der Waals surface area (Å²) in [6, 6.07) is 19.5. The second kappa shape index (κ2) is 5.05. The van der Waals surface area contributed by atoms with E-state index < -0.39 is 0 Å². The monoisotopic (exact) mass is 276 g/mol. The van der Waals surface area contributed by atoms with Gasteiger partial charge in [-0.3, -0.25) is 4.90 Å². The first-order valence-corrected chi connectivity index (χ1v) is 7.64. The van der Waals surface area contributed by atoms with Gasteiger partial charge >= 0.3 is 0 Å². The third-order valence-corrected chi connectivity index (χ3v) is 4.71. The van der Waals surface area contributed by atoms with E-state index in [1.807, 2.05) is 0 Å². The first-order chi connectivity index (χ1) is 10.3. The van der Waals surface area contributed by atoms with Crippen LogP contribution in [-0.2, 0) is 0 Å². The van der Waals surface area contributed by atoms with Crippen molar-refractivity contribution in [2.45, 2.75) is 12.1 Å². The minimum atomic E-state index is 0.410. The van der Waals surface area contributed by atoms with Crippen molar-refractivity contribution in [3.05, 3.63) is 71.8 Å². The van der Waals surface area contributed by atoms with Crippen molar-refractivity contribution >= 4 is 11.8 Å². The molecule has 1 saturated heterocycles. The Hall–Kier alpha value is -2.06. The first kappa shape index (κ1) is 12.7. The predicted octanol–water partition coefficient (Wildman–Crippen LogP) is 3.58. The molecule has 1 heterocycles. The van der Waals surface area contributed by atoms with Crippen LogP contribution >= 0.6 is 0 Å². The van der Waals surface area contributed by atoms with Gasteiger partial charge in [0.2, 0.25) is 0 Å². The molecular formula is C19H20N2. The van der Waals surface area contributed by atoms with Gasteiger partial charge in [0.15, 0.2) is 0 Å². The molecule has 1 aliphatic heterocycles. The van der Waals surface area contributed by atoms with Crippen molar-refractivity contribution in [2.24, 2.45) is 0 Å². The largest absolute Gasteiger partial charge is 0.354 e. The van der Waals surface area contributed by atoms with Crippen LogP contribution < -0.4 is 4.90 Å². The standard InChI is InChI=1S/C19H20N2/c1-20-13-14-21(16-8-3-2-4-9-16)19(20)18-12-11-15-7-5-6-10-17(15)18/h2-12,18-19H,13-14H2,1H3. The number of hydrogen-bond donors (Lipinski definition) is 0. The van der Waals surface area contributed by atoms with Crippen LogP contribution in [0.1, 0.15) is 17.0 Å². The van der Waals surface area contributed by atoms with Crippen molar-refractivity contribution in [1.82, 2.24) is 4.90 Å². The fourth-order valence-corrected chi connectivity index (χ4v) is 3.67. The van der Waals surface area contributed by atoms with Gasteiger partial charge in [0.05, 0.1) is 6.17 Å². The summed E-state index contributed by atoms with van der Waals surface area (Å²) in [4.78, 5) is 5.02. The highest BCUT2D eigenvalue weighted by molar-refractivity contribution is 5.64. The SMILES string of the molecule is CN1CCN(c2ccccc2)C1C1C=Cc2ccccc21. The Morgan fingerprint density at radius 1 is 0.905 bits per heavy atom. The summed E-state index contributed by atoms with van der Waals surface area (Å²) >= 11 is 0. The number of anilines is 1. The van der Waals surface area contributed by atoms with Crippen molar-refractivity contribution in [3.8, 4) is 0 Å². The van der Waals surface area contributed by atoms with Crippen LogP contribution in [0.15, 0.2) is 60.7 Å². The molecule has 2 nitrogen and oxygen atoms in total. The molecule has 2 heteroatoms. The first-order valence-electron chi connectivity index (χ1n) is 7.64. The number of benzene rings is 2. The van der Waals surface area contributed by atoms with Gasteiger partial charge in [-0.25, -0.2) is 0 Å². The summed E-state index contributed by atoms with van der Waals surface area (Å²) in [6.07, 6.45) is 5.05. The van der Waals surface area contributed by atoms with E-state index in [9.17, 15) is 0 Å². The summed E-state index contributed by atoms with van der Waals surface area (Å²) < 4.78 is 0. The number of para-hydroxylation sites is 1. The lowest BCUT2D eigenvalue weighted by Gasteiger charge is -2.34. The summed E-state index contributed by atoms with van der Waals surface area (Å²) in [6.45, 7) is 2.21. The van der Waals surface area contributed by atoms with Crippen molar-refractivity contribution < 1.29 is 0 Å². The Bertz CT molecular complexity index is 662. The summed E-state index contributed by atoms with van der Waals surface area (Å²) in [5.41, 5.74) is 4.15. The molecule has 2 atom stereocenters. The average Bonchev–Trinajstić information content (AvgIpc) is 3.11. The lowest BCUT2D eigenvalue weighted by atomic mass is 9.96. The van der Waals surface area contributed by atoms with Crippen LogP contribution in [0.5, 0.6) is 0 Å². The highest BCUT2D eigenvalue weighted by Crippen LogP contribution is 2.38. The van der Waals surface area contributed by atoms with Crippen LogP contribution in [0.4, 0.5) is 5.69 Å². The van der Waals surface area contributed by atoms with E-state index in [1.165, 1.54) is 16.8 Å². The Morgan fingerprint density at radius 3 is 2.52 bits per heavy atom. The van der Waals surface area contributed by atoms with E-state index in [1.54, 1.807) is 0 Å². The Labute approximate surface area is 126 Å². The highest BCUT2D eigenvalue weighted by atomic mass is 15.4. The zero-order valence-electron chi connectivity index (χ0n) is 12.3. The van der Waals surface area contributed by atoms with Crippen LogP contribution in [0.3, 0.4) is 0 Å². The molecule has 0 spiro atoms. The number of likely N-dealkylation sites (N-methyl/N-ethyl adjacent to an activating group) is 1. The molecule has 2 aromatic carbocycles. The topological polar surface area (TPSA) is 6.48 Å². The van der Waals surface area contributed by atoms with Crippen molar-refractivity contribution in [2.75, 3.05) is 25.0 Å². The molecular weight excluding hydrogens is 256 g/mol. The van der Waals surface area contributed by atoms with Gasteiger partial charge in [-0.15, -0.1) is 0 Å². The number of nitrogens with zero attached hydrogens (tertiary/aromatic N) is 2. The zero-order valence-corrected chi connectivity index (χ0v) is 12.3. The molecule has 1 aliphatic carbocycles. The fraction of sp³-hybridized carbons (Fsp3) is 0.263. The van der Waals surface area contributed by atoms with Crippen molar-refractivity contribution in [1.29, 1.82) is 0 Å². The van der Waals surface area contributed by atoms with E-state index >= 15 is 0 Å². The molecule has 4 rings (SSSR count). The molecule has 106 valence electrons. The van der Waals surface area contributed by atoms with Crippen molar-refractivity contribution in [3.63, 3.8) is 0 Å². The second-order valence-corrected chi connectivity index (χ2v) is 5.94. The summed E-state index contributed by atoms with van der Waals surface area (Å²) in [7, 11) is 2.24. The quantitative estimate of drug-likeness (QED) is 0.827. The fourth-order valence-electron chi connectivity index (χ4n) is 3.67. The molecule has 0 amide bonds. The zero-order chi connectivity index (χ0) is 14.2. The van der Waals surface area contributed by atoms with Crippen LogP contribution in [0.2, 0.25) is 0 Å². The average molecular weight is 276 g/mol. The number of hydrogen-bond acceptors (Lipinski definition) is 2. The lowest BCUT2D eigenvalue weighted by molar-refractivity contribution is 0.293. The van der Waals surface area contributed by atoms with Gasteiger partial charge in [-0.1, -0.05) is 54.6 Å². The third kappa shape index (κ3) is 2.07. The molecule has 2 aromatic rings. The van der Waals surface area contributed by atoms with Gasteiger partial charge in [0.25, 0.3) is 0 Å². The minimum absolute atomic E-state index is 0.410. The highest BCUT2D eigenvalue weighted by Gasteiger charge is 2.37. The molecule has 0 bridgehead atoms. The normalized spacial score (nSPS) is 24.5.